The van der Waals surface area contributed by atoms with Crippen molar-refractivity contribution in [2.24, 2.45) is 0 Å². The first-order valence-electron chi connectivity index (χ1n) is 6.16. The minimum Gasteiger partial charge on any atom is -0.497 e. The first-order valence-corrected chi connectivity index (χ1v) is 8.09. The van der Waals surface area contributed by atoms with Gasteiger partial charge in [0.05, 0.1) is 20.0 Å². The molecule has 0 N–H and O–H groups in total. The van der Waals surface area contributed by atoms with Gasteiger partial charge in [0.25, 0.3) is 0 Å². The molecule has 21 heavy (non-hydrogen) atoms. The standard InChI is InChI=1S/C13H13N3O3S2/c1-18-8-3-4-9(10(5-8)19-2)12-16(11(17)6-20-12)13-15-14-7-21-13/h3-5,7,12H,6H2,1-2H3. The SMILES string of the molecule is COc1ccc(C2SCC(=O)N2c2nncs2)c(OC)c1. The summed E-state index contributed by atoms with van der Waals surface area (Å²) < 4.78 is 10.6. The number of hydrogen-bond donors (Lipinski definition) is 0. The maximum absolute atomic E-state index is 12.2. The Balaban J connectivity index is 2.01. The van der Waals surface area contributed by atoms with Gasteiger partial charge < -0.3 is 9.47 Å². The van der Waals surface area contributed by atoms with Crippen molar-refractivity contribution in [1.82, 2.24) is 10.2 Å². The lowest BCUT2D eigenvalue weighted by Gasteiger charge is -2.23. The van der Waals surface area contributed by atoms with E-state index in [2.05, 4.69) is 10.2 Å². The van der Waals surface area contributed by atoms with Crippen LogP contribution in [0.5, 0.6) is 11.5 Å². The van der Waals surface area contributed by atoms with E-state index in [1.54, 1.807) is 36.4 Å². The van der Waals surface area contributed by atoms with Crippen molar-refractivity contribution in [1.29, 1.82) is 0 Å². The summed E-state index contributed by atoms with van der Waals surface area (Å²) in [5.74, 6) is 1.85. The molecule has 1 aromatic carbocycles. The number of ether oxygens (including phenoxy) is 2. The summed E-state index contributed by atoms with van der Waals surface area (Å²) in [4.78, 5) is 13.8. The fraction of sp³-hybridized carbons (Fsp3) is 0.308. The van der Waals surface area contributed by atoms with E-state index < -0.39 is 0 Å². The van der Waals surface area contributed by atoms with Crippen LogP contribution in [0.4, 0.5) is 5.13 Å². The molecule has 3 rings (SSSR count). The fourth-order valence-corrected chi connectivity index (χ4v) is 4.01. The monoisotopic (exact) mass is 323 g/mol. The molecule has 2 heterocycles. The Bertz CT molecular complexity index is 648. The average Bonchev–Trinajstić information content (AvgIpc) is 3.15. The van der Waals surface area contributed by atoms with Crippen LogP contribution in [0.1, 0.15) is 10.9 Å². The first kappa shape index (κ1) is 14.2. The highest BCUT2D eigenvalue weighted by Gasteiger charge is 2.37. The largest absolute Gasteiger partial charge is 0.497 e. The maximum atomic E-state index is 12.2. The predicted octanol–water partition coefficient (Wildman–Crippen LogP) is 2.33. The predicted molar refractivity (Wildman–Crippen MR) is 82.1 cm³/mol. The lowest BCUT2D eigenvalue weighted by atomic mass is 10.1. The summed E-state index contributed by atoms with van der Waals surface area (Å²) in [6.45, 7) is 0. The number of aromatic nitrogens is 2. The van der Waals surface area contributed by atoms with E-state index >= 15 is 0 Å². The molecule has 110 valence electrons. The third kappa shape index (κ3) is 2.56. The highest BCUT2D eigenvalue weighted by molar-refractivity contribution is 8.00. The molecule has 1 fully saturated rings. The van der Waals surface area contributed by atoms with E-state index in [9.17, 15) is 4.79 Å². The molecule has 0 bridgehead atoms. The quantitative estimate of drug-likeness (QED) is 0.860. The zero-order valence-corrected chi connectivity index (χ0v) is 13.1. The maximum Gasteiger partial charge on any atom is 0.240 e. The molecule has 1 atom stereocenters. The zero-order valence-electron chi connectivity index (χ0n) is 11.5. The van der Waals surface area contributed by atoms with E-state index in [0.29, 0.717) is 22.4 Å². The number of benzene rings is 1. The molecule has 2 aromatic rings. The van der Waals surface area contributed by atoms with Gasteiger partial charge in [-0.25, -0.2) is 0 Å². The van der Waals surface area contributed by atoms with Crippen molar-refractivity contribution in [2.45, 2.75) is 5.37 Å². The summed E-state index contributed by atoms with van der Waals surface area (Å²) in [5.41, 5.74) is 2.54. The van der Waals surface area contributed by atoms with Crippen LogP contribution in [0.2, 0.25) is 0 Å². The lowest BCUT2D eigenvalue weighted by Crippen LogP contribution is -2.27. The van der Waals surface area contributed by atoms with Gasteiger partial charge in [0.1, 0.15) is 22.4 Å². The summed E-state index contributed by atoms with van der Waals surface area (Å²) in [6.07, 6.45) is 0. The molecule has 0 radical (unpaired) electrons. The number of hydrogen-bond acceptors (Lipinski definition) is 7. The van der Waals surface area contributed by atoms with Gasteiger partial charge in [-0.1, -0.05) is 11.3 Å². The van der Waals surface area contributed by atoms with E-state index in [4.69, 9.17) is 9.47 Å². The minimum atomic E-state index is -0.161. The number of amides is 1. The number of rotatable bonds is 4. The molecule has 0 spiro atoms. The summed E-state index contributed by atoms with van der Waals surface area (Å²) in [7, 11) is 3.21. The molecule has 1 amide bonds. The van der Waals surface area contributed by atoms with Crippen LogP contribution >= 0.6 is 23.1 Å². The van der Waals surface area contributed by atoms with Crippen LogP contribution in [-0.2, 0) is 4.79 Å². The van der Waals surface area contributed by atoms with Crippen molar-refractivity contribution in [3.8, 4) is 11.5 Å². The molecule has 1 aromatic heterocycles. The van der Waals surface area contributed by atoms with Crippen molar-refractivity contribution < 1.29 is 14.3 Å². The zero-order chi connectivity index (χ0) is 14.8. The van der Waals surface area contributed by atoms with Gasteiger partial charge in [-0.05, 0) is 12.1 Å². The molecule has 1 aliphatic heterocycles. The van der Waals surface area contributed by atoms with Crippen LogP contribution < -0.4 is 14.4 Å². The summed E-state index contributed by atoms with van der Waals surface area (Å²) in [6, 6.07) is 5.60. The van der Waals surface area contributed by atoms with Crippen LogP contribution in [0, 0.1) is 0 Å². The Morgan fingerprint density at radius 1 is 1.33 bits per heavy atom. The highest BCUT2D eigenvalue weighted by atomic mass is 32.2. The van der Waals surface area contributed by atoms with Crippen molar-refractivity contribution in [2.75, 3.05) is 24.9 Å². The third-order valence-electron chi connectivity index (χ3n) is 3.13. The van der Waals surface area contributed by atoms with Crippen molar-refractivity contribution in [3.05, 3.63) is 29.3 Å². The van der Waals surface area contributed by atoms with E-state index in [1.807, 2.05) is 18.2 Å². The lowest BCUT2D eigenvalue weighted by molar-refractivity contribution is -0.115. The van der Waals surface area contributed by atoms with Gasteiger partial charge in [0, 0.05) is 11.6 Å². The molecule has 1 aliphatic rings. The second-order valence-corrected chi connectivity index (χ2v) is 6.14. The average molecular weight is 323 g/mol. The molecule has 8 heteroatoms. The molecule has 0 saturated carbocycles. The van der Waals surface area contributed by atoms with Crippen LogP contribution in [0.25, 0.3) is 0 Å². The van der Waals surface area contributed by atoms with Gasteiger partial charge in [-0.15, -0.1) is 22.0 Å². The third-order valence-corrected chi connectivity index (χ3v) is 5.01. The molecular formula is C13H13N3O3S2. The number of anilines is 1. The first-order chi connectivity index (χ1) is 10.2. The van der Waals surface area contributed by atoms with Gasteiger partial charge in [0.2, 0.25) is 11.0 Å². The van der Waals surface area contributed by atoms with Crippen LogP contribution in [-0.4, -0.2) is 36.1 Å². The van der Waals surface area contributed by atoms with Crippen molar-refractivity contribution in [3.63, 3.8) is 0 Å². The Hall–Kier alpha value is -1.80. The second-order valence-electron chi connectivity index (χ2n) is 4.26. The van der Waals surface area contributed by atoms with Crippen molar-refractivity contribution >= 4 is 34.1 Å². The number of nitrogens with zero attached hydrogens (tertiary/aromatic N) is 3. The fourth-order valence-electron chi connectivity index (χ4n) is 2.16. The molecule has 6 nitrogen and oxygen atoms in total. The van der Waals surface area contributed by atoms with Gasteiger partial charge >= 0.3 is 0 Å². The topological polar surface area (TPSA) is 64.5 Å². The normalized spacial score (nSPS) is 18.1. The Labute approximate surface area is 130 Å². The number of carbonyl (C=O) groups is 1. The number of thioether (sulfide) groups is 1. The van der Waals surface area contributed by atoms with Gasteiger partial charge in [0.15, 0.2) is 0 Å². The second kappa shape index (κ2) is 5.90. The molecule has 1 unspecified atom stereocenters. The molecule has 0 aliphatic carbocycles. The minimum absolute atomic E-state index is 0.0274. The van der Waals surface area contributed by atoms with E-state index in [-0.39, 0.29) is 11.3 Å². The number of carbonyl (C=O) groups excluding carboxylic acids is 1. The van der Waals surface area contributed by atoms with Crippen LogP contribution in [0.3, 0.4) is 0 Å². The van der Waals surface area contributed by atoms with E-state index in [0.717, 1.165) is 5.56 Å². The summed E-state index contributed by atoms with van der Waals surface area (Å²) in [5, 5.41) is 8.27. The Kier molecular flexibility index (Phi) is 3.98. The molecule has 1 saturated heterocycles. The van der Waals surface area contributed by atoms with Gasteiger partial charge in [-0.2, -0.15) is 0 Å². The summed E-state index contributed by atoms with van der Waals surface area (Å²) >= 11 is 2.89. The Morgan fingerprint density at radius 2 is 2.19 bits per heavy atom. The Morgan fingerprint density at radius 3 is 2.86 bits per heavy atom. The van der Waals surface area contributed by atoms with E-state index in [1.165, 1.54) is 11.3 Å². The van der Waals surface area contributed by atoms with Gasteiger partial charge in [-0.3, -0.25) is 9.69 Å². The number of methoxy groups -OCH3 is 2. The molecular weight excluding hydrogens is 310 g/mol. The van der Waals surface area contributed by atoms with Crippen LogP contribution in [0.15, 0.2) is 23.7 Å². The highest BCUT2D eigenvalue weighted by Crippen LogP contribution is 2.45. The smallest absolute Gasteiger partial charge is 0.240 e.